The molecular formula is C35H42N4O4. The number of nitrogens with one attached hydrogen (secondary N) is 1. The average Bonchev–Trinajstić information content (AvgIpc) is 3.33. The van der Waals surface area contributed by atoms with Crippen LogP contribution in [0, 0.1) is 0 Å². The second-order valence-corrected chi connectivity index (χ2v) is 11.1. The van der Waals surface area contributed by atoms with Crippen LogP contribution < -0.4 is 10.2 Å². The van der Waals surface area contributed by atoms with Gasteiger partial charge < -0.3 is 20.2 Å². The van der Waals surface area contributed by atoms with Crippen molar-refractivity contribution in [3.63, 3.8) is 0 Å². The number of carboxylic acid groups (broad SMARTS) is 1. The van der Waals surface area contributed by atoms with Gasteiger partial charge in [0.15, 0.2) is 0 Å². The van der Waals surface area contributed by atoms with Crippen molar-refractivity contribution >= 4 is 40.3 Å². The van der Waals surface area contributed by atoms with E-state index < -0.39 is 5.97 Å². The summed E-state index contributed by atoms with van der Waals surface area (Å²) in [5.74, 6) is -0.994. The number of nitrogens with zero attached hydrogens (tertiary/aromatic N) is 3. The fourth-order valence-electron chi connectivity index (χ4n) is 5.59. The van der Waals surface area contributed by atoms with Crippen LogP contribution in [0.5, 0.6) is 0 Å². The van der Waals surface area contributed by atoms with Crippen molar-refractivity contribution in [2.45, 2.75) is 33.6 Å². The summed E-state index contributed by atoms with van der Waals surface area (Å²) in [7, 11) is 4.08. The average molecular weight is 583 g/mol. The molecule has 1 fully saturated rings. The van der Waals surface area contributed by atoms with Crippen molar-refractivity contribution in [2.75, 3.05) is 57.0 Å². The lowest BCUT2D eigenvalue weighted by atomic mass is 9.97. The highest BCUT2D eigenvalue weighted by atomic mass is 16.4. The number of carbonyl (C=O) groups excluding carboxylic acids is 2. The van der Waals surface area contributed by atoms with Crippen molar-refractivity contribution in [1.29, 1.82) is 0 Å². The number of ketones is 1. The normalized spacial score (nSPS) is 16.1. The van der Waals surface area contributed by atoms with E-state index in [-0.39, 0.29) is 17.3 Å². The number of piperazine rings is 1. The summed E-state index contributed by atoms with van der Waals surface area (Å²) in [5, 5.41) is 12.2. The van der Waals surface area contributed by atoms with E-state index in [0.717, 1.165) is 56.0 Å². The number of carbonyl (C=O) groups is 3. The highest BCUT2D eigenvalue weighted by Crippen LogP contribution is 2.40. The molecule has 0 spiro atoms. The molecule has 0 aliphatic carbocycles. The van der Waals surface area contributed by atoms with Gasteiger partial charge in [-0.1, -0.05) is 56.3 Å². The molecule has 0 bridgehead atoms. The molecule has 1 saturated heterocycles. The monoisotopic (exact) mass is 582 g/mol. The number of aromatic carboxylic acids is 1. The second-order valence-electron chi connectivity index (χ2n) is 11.1. The molecule has 3 aromatic carbocycles. The predicted molar refractivity (Wildman–Crippen MR) is 174 cm³/mol. The Morgan fingerprint density at radius 3 is 2.16 bits per heavy atom. The van der Waals surface area contributed by atoms with Crippen LogP contribution in [0.3, 0.4) is 0 Å². The van der Waals surface area contributed by atoms with Gasteiger partial charge in [-0.15, -0.1) is 0 Å². The number of rotatable bonds is 8. The summed E-state index contributed by atoms with van der Waals surface area (Å²) in [6.45, 7) is 10.8. The van der Waals surface area contributed by atoms with Gasteiger partial charge in [0.2, 0.25) is 0 Å². The molecule has 1 amide bonds. The lowest BCUT2D eigenvalue weighted by Gasteiger charge is -2.31. The predicted octanol–water partition coefficient (Wildman–Crippen LogP) is 5.29. The maximum absolute atomic E-state index is 13.1. The molecule has 0 saturated carbocycles. The smallest absolute Gasteiger partial charge is 0.335 e. The molecular weight excluding hydrogens is 540 g/mol. The van der Waals surface area contributed by atoms with E-state index in [9.17, 15) is 19.5 Å². The first kappa shape index (κ1) is 31.7. The van der Waals surface area contributed by atoms with E-state index >= 15 is 0 Å². The summed E-state index contributed by atoms with van der Waals surface area (Å²) in [6, 6.07) is 21.0. The molecule has 2 aliphatic rings. The van der Waals surface area contributed by atoms with Gasteiger partial charge in [0.25, 0.3) is 5.91 Å². The number of hydrogen-bond acceptors (Lipinski definition) is 6. The largest absolute Gasteiger partial charge is 0.478 e. The molecule has 43 heavy (non-hydrogen) atoms. The number of Topliss-reactive ketones (excluding diaryl/α,β-unsaturated/α-hetero) is 1. The van der Waals surface area contributed by atoms with E-state index in [4.69, 9.17) is 0 Å². The number of fused-ring (bicyclic) bond motifs is 1. The zero-order valence-electron chi connectivity index (χ0n) is 25.8. The summed E-state index contributed by atoms with van der Waals surface area (Å²) in [6.07, 6.45) is 1.91. The summed E-state index contributed by atoms with van der Waals surface area (Å²) >= 11 is 0. The van der Waals surface area contributed by atoms with Crippen molar-refractivity contribution in [2.24, 2.45) is 0 Å². The van der Waals surface area contributed by atoms with Crippen molar-refractivity contribution in [3.8, 4) is 0 Å². The van der Waals surface area contributed by atoms with Gasteiger partial charge in [0, 0.05) is 44.5 Å². The molecule has 2 N–H and O–H groups in total. The Morgan fingerprint density at radius 2 is 1.56 bits per heavy atom. The quantitative estimate of drug-likeness (QED) is 0.349. The molecule has 2 aliphatic heterocycles. The van der Waals surface area contributed by atoms with Crippen molar-refractivity contribution in [3.05, 3.63) is 94.5 Å². The Kier molecular flexibility index (Phi) is 10.5. The molecule has 0 aromatic heterocycles. The first-order valence-electron chi connectivity index (χ1n) is 14.9. The number of aryl methyl sites for hydroxylation is 2. The van der Waals surface area contributed by atoms with Crippen LogP contribution >= 0.6 is 0 Å². The Labute approximate surface area is 254 Å². The van der Waals surface area contributed by atoms with Gasteiger partial charge in [-0.3, -0.25) is 14.5 Å². The lowest BCUT2D eigenvalue weighted by molar-refractivity contribution is -0.118. The van der Waals surface area contributed by atoms with Crippen LogP contribution in [0.2, 0.25) is 0 Å². The van der Waals surface area contributed by atoms with Crippen LogP contribution in [0.15, 0.2) is 66.7 Å². The first-order chi connectivity index (χ1) is 20.6. The second kappa shape index (κ2) is 14.3. The number of benzene rings is 3. The fraction of sp³-hybridized carbons (Fsp3) is 0.343. The summed E-state index contributed by atoms with van der Waals surface area (Å²) < 4.78 is 0. The van der Waals surface area contributed by atoms with Crippen LogP contribution in [-0.2, 0) is 22.4 Å². The Hall–Kier alpha value is -4.27. The number of anilines is 2. The Morgan fingerprint density at radius 1 is 0.884 bits per heavy atom. The molecule has 8 nitrogen and oxygen atoms in total. The van der Waals surface area contributed by atoms with E-state index in [2.05, 4.69) is 54.2 Å². The minimum Gasteiger partial charge on any atom is -0.478 e. The number of carboxylic acids is 1. The van der Waals surface area contributed by atoms with Gasteiger partial charge in [-0.2, -0.15) is 0 Å². The van der Waals surface area contributed by atoms with Crippen LogP contribution in [0.4, 0.5) is 11.4 Å². The van der Waals surface area contributed by atoms with E-state index in [1.165, 1.54) is 23.3 Å². The minimum atomic E-state index is -1.03. The van der Waals surface area contributed by atoms with Crippen LogP contribution in [-0.4, -0.2) is 79.4 Å². The van der Waals surface area contributed by atoms with E-state index in [1.54, 1.807) is 13.0 Å². The topological polar surface area (TPSA) is 93.2 Å². The Balaban J connectivity index is 0.000000324. The first-order valence-corrected chi connectivity index (χ1v) is 14.9. The van der Waals surface area contributed by atoms with Gasteiger partial charge in [-0.05, 0) is 67.8 Å². The highest BCUT2D eigenvalue weighted by Gasteiger charge is 2.31. The zero-order valence-corrected chi connectivity index (χ0v) is 25.8. The maximum atomic E-state index is 13.1. The molecule has 3 aromatic rings. The van der Waals surface area contributed by atoms with Gasteiger partial charge in [0.05, 0.1) is 29.1 Å². The third kappa shape index (κ3) is 7.58. The summed E-state index contributed by atoms with van der Waals surface area (Å²) in [4.78, 5) is 41.8. The van der Waals surface area contributed by atoms with Crippen LogP contribution in [0.1, 0.15) is 53.4 Å². The number of likely N-dealkylation sites (N-methyl/N-ethyl adjacent to an activating group) is 1. The maximum Gasteiger partial charge on any atom is 0.335 e. The Bertz CT molecular complexity index is 1510. The van der Waals surface area contributed by atoms with E-state index in [1.807, 2.05) is 42.3 Å². The van der Waals surface area contributed by atoms with Crippen molar-refractivity contribution in [1.82, 2.24) is 9.80 Å². The highest BCUT2D eigenvalue weighted by molar-refractivity contribution is 6.37. The SMILES string of the molecule is CC(=O)CN1CCN(C)CC1.CCc1ccc(N(C)/C(=C2\C(=O)Nc3cc(C(=O)O)ccc32)c2ccccc2)cc1CC. The molecule has 5 rings (SSSR count). The fourth-order valence-corrected chi connectivity index (χ4v) is 5.59. The molecule has 8 heteroatoms. The third-order valence-electron chi connectivity index (χ3n) is 8.01. The lowest BCUT2D eigenvalue weighted by Crippen LogP contribution is -2.45. The number of hydrogen-bond donors (Lipinski definition) is 2. The third-order valence-corrected chi connectivity index (χ3v) is 8.01. The number of amides is 1. The molecule has 0 radical (unpaired) electrons. The molecule has 226 valence electrons. The van der Waals surface area contributed by atoms with Crippen LogP contribution in [0.25, 0.3) is 11.3 Å². The van der Waals surface area contributed by atoms with Gasteiger partial charge in [-0.25, -0.2) is 4.79 Å². The van der Waals surface area contributed by atoms with E-state index in [0.29, 0.717) is 23.4 Å². The molecule has 2 heterocycles. The molecule has 0 atom stereocenters. The minimum absolute atomic E-state index is 0.141. The van der Waals surface area contributed by atoms with Gasteiger partial charge >= 0.3 is 5.97 Å². The summed E-state index contributed by atoms with van der Waals surface area (Å²) in [5.41, 5.74) is 7.18. The standard InChI is InChI=1S/C27H26N2O3.C8H16N2O/c1-4-17-11-13-21(15-18(17)5-2)29(3)25(19-9-7-6-8-10-19)24-22-14-12-20(27(31)32)16-23(22)28-26(24)30;1-8(11)7-10-5-3-9(2)4-6-10/h6-16H,4-5H2,1-3H3,(H,28,30)(H,31,32);3-7H2,1-2H3/b25-24-;. The molecule has 0 unspecified atom stereocenters. The van der Waals surface area contributed by atoms with Crippen molar-refractivity contribution < 1.29 is 19.5 Å². The zero-order chi connectivity index (χ0) is 31.1. The van der Waals surface area contributed by atoms with Gasteiger partial charge in [0.1, 0.15) is 5.78 Å².